The Morgan fingerprint density at radius 3 is 2.81 bits per heavy atom. The van der Waals surface area contributed by atoms with Gasteiger partial charge in [0, 0.05) is 6.61 Å². The van der Waals surface area contributed by atoms with Gasteiger partial charge in [-0.25, -0.2) is 0 Å². The predicted molar refractivity (Wildman–Crippen MR) is 65.2 cm³/mol. The first kappa shape index (κ1) is 13.3. The number of aliphatic hydroxyl groups excluding tert-OH is 1. The fourth-order valence-corrected chi connectivity index (χ4v) is 1.60. The molecule has 0 fully saturated rings. The minimum Gasteiger partial charge on any atom is -0.468 e. The highest BCUT2D eigenvalue weighted by atomic mass is 16.3. The van der Waals surface area contributed by atoms with E-state index >= 15 is 0 Å². The van der Waals surface area contributed by atoms with Crippen LogP contribution in [0.4, 0.5) is 0 Å². The lowest BCUT2D eigenvalue weighted by molar-refractivity contribution is 0.147. The Morgan fingerprint density at radius 2 is 2.25 bits per heavy atom. The summed E-state index contributed by atoms with van der Waals surface area (Å²) >= 11 is 0. The van der Waals surface area contributed by atoms with Gasteiger partial charge in [0.05, 0.1) is 12.3 Å². The van der Waals surface area contributed by atoms with E-state index in [1.807, 2.05) is 12.1 Å². The molecule has 3 heteroatoms. The molecule has 0 aromatic carbocycles. The first-order valence-electron chi connectivity index (χ1n) is 5.93. The lowest BCUT2D eigenvalue weighted by Gasteiger charge is -2.21. The van der Waals surface area contributed by atoms with Crippen LogP contribution in [0.1, 0.15) is 45.4 Å². The SMILES string of the molecule is CC(NCCCC(C)(C)CO)c1ccco1. The van der Waals surface area contributed by atoms with Crippen molar-refractivity contribution >= 4 is 0 Å². The Balaban J connectivity index is 2.16. The third-order valence-corrected chi connectivity index (χ3v) is 2.88. The molecule has 2 N–H and O–H groups in total. The number of rotatable bonds is 7. The number of nitrogens with one attached hydrogen (secondary N) is 1. The summed E-state index contributed by atoms with van der Waals surface area (Å²) in [6, 6.07) is 4.14. The van der Waals surface area contributed by atoms with Crippen molar-refractivity contribution in [3.63, 3.8) is 0 Å². The first-order valence-corrected chi connectivity index (χ1v) is 5.93. The smallest absolute Gasteiger partial charge is 0.120 e. The van der Waals surface area contributed by atoms with Crippen LogP contribution in [0, 0.1) is 5.41 Å². The van der Waals surface area contributed by atoms with E-state index in [1.165, 1.54) is 0 Å². The highest BCUT2D eigenvalue weighted by Gasteiger charge is 2.15. The maximum atomic E-state index is 9.12. The highest BCUT2D eigenvalue weighted by molar-refractivity contribution is 5.02. The second-order valence-corrected chi connectivity index (χ2v) is 5.12. The molecule has 0 bridgehead atoms. The molecule has 1 heterocycles. The average Bonchev–Trinajstić information content (AvgIpc) is 2.77. The molecule has 3 nitrogen and oxygen atoms in total. The first-order chi connectivity index (χ1) is 7.55. The molecule has 0 aliphatic rings. The number of hydrogen-bond donors (Lipinski definition) is 2. The molecule has 0 aliphatic heterocycles. The largest absolute Gasteiger partial charge is 0.468 e. The summed E-state index contributed by atoms with van der Waals surface area (Å²) in [6.07, 6.45) is 3.79. The molecule has 0 spiro atoms. The van der Waals surface area contributed by atoms with E-state index in [1.54, 1.807) is 6.26 Å². The van der Waals surface area contributed by atoms with E-state index in [4.69, 9.17) is 9.52 Å². The Kier molecular flexibility index (Phi) is 5.03. The molecular weight excluding hydrogens is 202 g/mol. The van der Waals surface area contributed by atoms with E-state index < -0.39 is 0 Å². The van der Waals surface area contributed by atoms with Crippen LogP contribution in [0.25, 0.3) is 0 Å². The second kappa shape index (κ2) is 6.06. The summed E-state index contributed by atoms with van der Waals surface area (Å²) < 4.78 is 5.31. The quantitative estimate of drug-likeness (QED) is 0.701. The summed E-state index contributed by atoms with van der Waals surface area (Å²) in [5.74, 6) is 0.974. The van der Waals surface area contributed by atoms with E-state index in [0.29, 0.717) is 0 Å². The van der Waals surface area contributed by atoms with Gasteiger partial charge in [-0.2, -0.15) is 0 Å². The third-order valence-electron chi connectivity index (χ3n) is 2.88. The maximum Gasteiger partial charge on any atom is 0.120 e. The molecule has 1 unspecified atom stereocenters. The Bertz CT molecular complexity index is 280. The van der Waals surface area contributed by atoms with Crippen LogP contribution >= 0.6 is 0 Å². The van der Waals surface area contributed by atoms with Gasteiger partial charge < -0.3 is 14.8 Å². The molecular formula is C13H23NO2. The van der Waals surface area contributed by atoms with Crippen LogP contribution in [-0.4, -0.2) is 18.3 Å². The van der Waals surface area contributed by atoms with Crippen LogP contribution in [0.3, 0.4) is 0 Å². The Labute approximate surface area is 97.9 Å². The van der Waals surface area contributed by atoms with Crippen molar-refractivity contribution in [2.24, 2.45) is 5.41 Å². The zero-order valence-corrected chi connectivity index (χ0v) is 10.5. The Hall–Kier alpha value is -0.800. The van der Waals surface area contributed by atoms with Gasteiger partial charge in [-0.1, -0.05) is 13.8 Å². The molecule has 0 saturated heterocycles. The summed E-state index contributed by atoms with van der Waals surface area (Å²) in [4.78, 5) is 0. The normalized spacial score (nSPS) is 14.0. The predicted octanol–water partition coefficient (Wildman–Crippen LogP) is 2.73. The van der Waals surface area contributed by atoms with Gasteiger partial charge in [0.25, 0.3) is 0 Å². The van der Waals surface area contributed by atoms with Crippen LogP contribution < -0.4 is 5.32 Å². The van der Waals surface area contributed by atoms with Gasteiger partial charge in [0.15, 0.2) is 0 Å². The summed E-state index contributed by atoms with van der Waals surface area (Å²) in [7, 11) is 0. The molecule has 0 aliphatic carbocycles. The van der Waals surface area contributed by atoms with Gasteiger partial charge in [-0.15, -0.1) is 0 Å². The second-order valence-electron chi connectivity index (χ2n) is 5.12. The van der Waals surface area contributed by atoms with Crippen LogP contribution in [0.5, 0.6) is 0 Å². The lowest BCUT2D eigenvalue weighted by Crippen LogP contribution is -2.23. The molecule has 0 saturated carbocycles. The summed E-state index contributed by atoms with van der Waals surface area (Å²) in [6.45, 7) is 7.47. The molecule has 1 aromatic heterocycles. The number of hydrogen-bond acceptors (Lipinski definition) is 3. The number of furan rings is 1. The van der Waals surface area contributed by atoms with Gasteiger partial charge >= 0.3 is 0 Å². The molecule has 0 amide bonds. The summed E-state index contributed by atoms with van der Waals surface area (Å²) in [5, 5.41) is 12.5. The highest BCUT2D eigenvalue weighted by Crippen LogP contribution is 2.21. The zero-order valence-electron chi connectivity index (χ0n) is 10.5. The van der Waals surface area contributed by atoms with E-state index in [0.717, 1.165) is 25.1 Å². The minimum atomic E-state index is 0.0373. The average molecular weight is 225 g/mol. The fourth-order valence-electron chi connectivity index (χ4n) is 1.60. The van der Waals surface area contributed by atoms with Crippen LogP contribution in [0.2, 0.25) is 0 Å². The molecule has 1 aromatic rings. The van der Waals surface area contributed by atoms with Crippen molar-refractivity contribution in [1.82, 2.24) is 5.32 Å². The van der Waals surface area contributed by atoms with Crippen LogP contribution in [-0.2, 0) is 0 Å². The van der Waals surface area contributed by atoms with Crippen molar-refractivity contribution in [1.29, 1.82) is 0 Å². The van der Waals surface area contributed by atoms with Crippen molar-refractivity contribution in [3.05, 3.63) is 24.2 Å². The Morgan fingerprint density at radius 1 is 1.50 bits per heavy atom. The third kappa shape index (κ3) is 4.37. The van der Waals surface area contributed by atoms with Crippen molar-refractivity contribution in [2.45, 2.75) is 39.7 Å². The zero-order chi connectivity index (χ0) is 12.0. The maximum absolute atomic E-state index is 9.12. The number of aliphatic hydroxyl groups is 1. The monoisotopic (exact) mass is 225 g/mol. The fraction of sp³-hybridized carbons (Fsp3) is 0.692. The molecule has 16 heavy (non-hydrogen) atoms. The van der Waals surface area contributed by atoms with E-state index in [-0.39, 0.29) is 18.1 Å². The standard InChI is InChI=1S/C13H23NO2/c1-11(12-6-4-9-16-12)14-8-5-7-13(2,3)10-15/h4,6,9,11,14-15H,5,7-8,10H2,1-3H3. The molecule has 1 rings (SSSR count). The van der Waals surface area contributed by atoms with Crippen LogP contribution in [0.15, 0.2) is 22.8 Å². The van der Waals surface area contributed by atoms with E-state index in [2.05, 4.69) is 26.1 Å². The van der Waals surface area contributed by atoms with Crippen molar-refractivity contribution < 1.29 is 9.52 Å². The van der Waals surface area contributed by atoms with Gasteiger partial charge in [-0.05, 0) is 43.9 Å². The van der Waals surface area contributed by atoms with E-state index in [9.17, 15) is 0 Å². The minimum absolute atomic E-state index is 0.0373. The van der Waals surface area contributed by atoms with Crippen molar-refractivity contribution in [2.75, 3.05) is 13.2 Å². The lowest BCUT2D eigenvalue weighted by atomic mass is 9.89. The molecule has 92 valence electrons. The van der Waals surface area contributed by atoms with Gasteiger partial charge in [-0.3, -0.25) is 0 Å². The molecule has 0 radical (unpaired) electrons. The summed E-state index contributed by atoms with van der Waals surface area (Å²) in [5.41, 5.74) is 0.0373. The molecule has 1 atom stereocenters. The topological polar surface area (TPSA) is 45.4 Å². The van der Waals surface area contributed by atoms with Gasteiger partial charge in [0.2, 0.25) is 0 Å². The van der Waals surface area contributed by atoms with Crippen molar-refractivity contribution in [3.8, 4) is 0 Å². The van der Waals surface area contributed by atoms with Gasteiger partial charge in [0.1, 0.15) is 5.76 Å².